The number of rotatable bonds is 3. The molecule has 3 nitrogen and oxygen atoms in total. The molecule has 78 valence electrons. The van der Waals surface area contributed by atoms with Crippen molar-refractivity contribution in [3.05, 3.63) is 29.3 Å². The molecule has 0 aliphatic carbocycles. The maximum atomic E-state index is 11.6. The average molecular weight is 214 g/mol. The Labute approximate surface area is 84.3 Å². The van der Waals surface area contributed by atoms with Crippen LogP contribution in [0.2, 0.25) is 0 Å². The average Bonchev–Trinajstić information content (AvgIpc) is 2.17. The SMILES string of the molecule is CCS(=O)(=O)c1ccc(CO)cc1C. The van der Waals surface area contributed by atoms with Crippen LogP contribution in [0.3, 0.4) is 0 Å². The van der Waals surface area contributed by atoms with E-state index in [4.69, 9.17) is 5.11 Å². The second-order valence-corrected chi connectivity index (χ2v) is 5.41. The van der Waals surface area contributed by atoms with Crippen LogP contribution in [-0.2, 0) is 16.4 Å². The van der Waals surface area contributed by atoms with Crippen LogP contribution in [0.1, 0.15) is 18.1 Å². The van der Waals surface area contributed by atoms with Crippen molar-refractivity contribution < 1.29 is 13.5 Å². The first-order valence-corrected chi connectivity index (χ1v) is 6.09. The first-order chi connectivity index (χ1) is 6.51. The van der Waals surface area contributed by atoms with Gasteiger partial charge in [-0.15, -0.1) is 0 Å². The van der Waals surface area contributed by atoms with Crippen molar-refractivity contribution >= 4 is 9.84 Å². The van der Waals surface area contributed by atoms with Gasteiger partial charge < -0.3 is 5.11 Å². The summed E-state index contributed by atoms with van der Waals surface area (Å²) in [5.74, 6) is 0.103. The Morgan fingerprint density at radius 2 is 2.00 bits per heavy atom. The normalized spacial score (nSPS) is 11.6. The molecule has 0 bridgehead atoms. The van der Waals surface area contributed by atoms with E-state index in [1.54, 1.807) is 32.0 Å². The van der Waals surface area contributed by atoms with Gasteiger partial charge in [0.15, 0.2) is 9.84 Å². The summed E-state index contributed by atoms with van der Waals surface area (Å²) >= 11 is 0. The summed E-state index contributed by atoms with van der Waals surface area (Å²) in [4.78, 5) is 0.359. The minimum atomic E-state index is -3.14. The van der Waals surface area contributed by atoms with E-state index in [-0.39, 0.29) is 12.4 Å². The molecular weight excluding hydrogens is 200 g/mol. The molecule has 1 aromatic rings. The van der Waals surface area contributed by atoms with Crippen LogP contribution in [-0.4, -0.2) is 19.3 Å². The summed E-state index contributed by atoms with van der Waals surface area (Å²) in [5, 5.41) is 8.86. The van der Waals surface area contributed by atoms with E-state index in [9.17, 15) is 8.42 Å². The van der Waals surface area contributed by atoms with Gasteiger partial charge in [0.05, 0.1) is 17.3 Å². The Morgan fingerprint density at radius 3 is 2.43 bits per heavy atom. The third-order valence-electron chi connectivity index (χ3n) is 2.14. The Bertz CT molecular complexity index is 421. The maximum Gasteiger partial charge on any atom is 0.178 e. The van der Waals surface area contributed by atoms with E-state index in [0.717, 1.165) is 5.56 Å². The fraction of sp³-hybridized carbons (Fsp3) is 0.400. The smallest absolute Gasteiger partial charge is 0.178 e. The lowest BCUT2D eigenvalue weighted by molar-refractivity contribution is 0.281. The van der Waals surface area contributed by atoms with Crippen molar-refractivity contribution in [2.45, 2.75) is 25.3 Å². The predicted octanol–water partition coefficient (Wildman–Crippen LogP) is 1.28. The van der Waals surface area contributed by atoms with Gasteiger partial charge in [0, 0.05) is 0 Å². The highest BCUT2D eigenvalue weighted by atomic mass is 32.2. The molecule has 0 radical (unpaired) electrons. The van der Waals surface area contributed by atoms with Crippen molar-refractivity contribution in [2.75, 3.05) is 5.75 Å². The Hall–Kier alpha value is -0.870. The first kappa shape index (κ1) is 11.2. The number of sulfone groups is 1. The zero-order chi connectivity index (χ0) is 10.8. The van der Waals surface area contributed by atoms with Crippen LogP contribution in [0.4, 0.5) is 0 Å². The minimum Gasteiger partial charge on any atom is -0.392 e. The van der Waals surface area contributed by atoms with E-state index in [1.165, 1.54) is 0 Å². The van der Waals surface area contributed by atoms with Crippen LogP contribution in [0, 0.1) is 6.92 Å². The summed E-state index contributed by atoms with van der Waals surface area (Å²) in [6.45, 7) is 3.30. The van der Waals surface area contributed by atoms with E-state index in [1.807, 2.05) is 0 Å². The lowest BCUT2D eigenvalue weighted by atomic mass is 10.1. The molecule has 4 heteroatoms. The number of hydrogen-bond acceptors (Lipinski definition) is 3. The topological polar surface area (TPSA) is 54.4 Å². The molecule has 1 aromatic carbocycles. The number of hydrogen-bond donors (Lipinski definition) is 1. The second-order valence-electron chi connectivity index (χ2n) is 3.16. The fourth-order valence-electron chi connectivity index (χ4n) is 1.31. The van der Waals surface area contributed by atoms with Crippen molar-refractivity contribution in [3.63, 3.8) is 0 Å². The van der Waals surface area contributed by atoms with Crippen LogP contribution in [0.15, 0.2) is 23.1 Å². The summed E-state index contributed by atoms with van der Waals surface area (Å²) in [5.41, 5.74) is 1.43. The van der Waals surface area contributed by atoms with Crippen molar-refractivity contribution in [1.82, 2.24) is 0 Å². The van der Waals surface area contributed by atoms with Crippen molar-refractivity contribution in [2.24, 2.45) is 0 Å². The summed E-state index contributed by atoms with van der Waals surface area (Å²) in [6, 6.07) is 4.89. The predicted molar refractivity (Wildman–Crippen MR) is 54.8 cm³/mol. The van der Waals surface area contributed by atoms with Gasteiger partial charge in [0.25, 0.3) is 0 Å². The van der Waals surface area contributed by atoms with Gasteiger partial charge in [0.2, 0.25) is 0 Å². The molecule has 1 rings (SSSR count). The summed E-state index contributed by atoms with van der Waals surface area (Å²) in [7, 11) is -3.14. The van der Waals surface area contributed by atoms with Gasteiger partial charge in [-0.25, -0.2) is 8.42 Å². The van der Waals surface area contributed by atoms with Gasteiger partial charge in [0.1, 0.15) is 0 Å². The second kappa shape index (κ2) is 4.11. The highest BCUT2D eigenvalue weighted by molar-refractivity contribution is 7.91. The molecule has 0 atom stereocenters. The monoisotopic (exact) mass is 214 g/mol. The van der Waals surface area contributed by atoms with E-state index < -0.39 is 9.84 Å². The molecule has 0 aromatic heterocycles. The highest BCUT2D eigenvalue weighted by Gasteiger charge is 2.14. The molecule has 14 heavy (non-hydrogen) atoms. The molecular formula is C10H14O3S. The van der Waals surface area contributed by atoms with Gasteiger partial charge in [-0.1, -0.05) is 19.1 Å². The molecule has 0 aliphatic rings. The lowest BCUT2D eigenvalue weighted by Gasteiger charge is -2.06. The molecule has 0 aliphatic heterocycles. The quantitative estimate of drug-likeness (QED) is 0.824. The van der Waals surface area contributed by atoms with Crippen LogP contribution in [0.5, 0.6) is 0 Å². The fourth-order valence-corrected chi connectivity index (χ4v) is 2.45. The molecule has 0 spiro atoms. The zero-order valence-corrected chi connectivity index (χ0v) is 9.13. The van der Waals surface area contributed by atoms with Crippen molar-refractivity contribution in [1.29, 1.82) is 0 Å². The molecule has 0 amide bonds. The van der Waals surface area contributed by atoms with Gasteiger partial charge >= 0.3 is 0 Å². The van der Waals surface area contributed by atoms with Crippen molar-refractivity contribution in [3.8, 4) is 0 Å². The molecule has 0 fully saturated rings. The van der Waals surface area contributed by atoms with Gasteiger partial charge in [-0.2, -0.15) is 0 Å². The Balaban J connectivity index is 3.26. The highest BCUT2D eigenvalue weighted by Crippen LogP contribution is 2.17. The third-order valence-corrected chi connectivity index (χ3v) is 4.03. The largest absolute Gasteiger partial charge is 0.392 e. The number of benzene rings is 1. The molecule has 0 unspecified atom stereocenters. The number of aliphatic hydroxyl groups is 1. The minimum absolute atomic E-state index is 0.0622. The maximum absolute atomic E-state index is 11.6. The van der Waals surface area contributed by atoms with Crippen LogP contribution < -0.4 is 0 Å². The van der Waals surface area contributed by atoms with Crippen LogP contribution >= 0.6 is 0 Å². The van der Waals surface area contributed by atoms with Gasteiger partial charge in [-0.05, 0) is 24.1 Å². The van der Waals surface area contributed by atoms with E-state index in [0.29, 0.717) is 10.5 Å². The number of aliphatic hydroxyl groups excluding tert-OH is 1. The summed E-state index contributed by atoms with van der Waals surface area (Å²) < 4.78 is 23.1. The molecule has 0 heterocycles. The molecule has 0 saturated carbocycles. The third kappa shape index (κ3) is 2.13. The Morgan fingerprint density at radius 1 is 1.36 bits per heavy atom. The molecule has 1 N–H and O–H groups in total. The standard InChI is InChI=1S/C10H14O3S/c1-3-14(12,13)10-5-4-9(7-11)6-8(10)2/h4-6,11H,3,7H2,1-2H3. The number of aryl methyl sites for hydroxylation is 1. The van der Waals surface area contributed by atoms with Crippen LogP contribution in [0.25, 0.3) is 0 Å². The first-order valence-electron chi connectivity index (χ1n) is 4.44. The van der Waals surface area contributed by atoms with E-state index in [2.05, 4.69) is 0 Å². The molecule has 0 saturated heterocycles. The van der Waals surface area contributed by atoms with Gasteiger partial charge in [-0.3, -0.25) is 0 Å². The summed E-state index contributed by atoms with van der Waals surface area (Å²) in [6.07, 6.45) is 0. The zero-order valence-electron chi connectivity index (χ0n) is 8.32. The Kier molecular flexibility index (Phi) is 3.29. The van der Waals surface area contributed by atoms with E-state index >= 15 is 0 Å². The lowest BCUT2D eigenvalue weighted by Crippen LogP contribution is -2.06.